The number of imidazole rings is 1. The van der Waals surface area contributed by atoms with E-state index >= 15 is 0 Å². The van der Waals surface area contributed by atoms with Crippen LogP contribution in [0.5, 0.6) is 0 Å². The third kappa shape index (κ3) is 2.92. The Morgan fingerprint density at radius 3 is 2.70 bits per heavy atom. The molecule has 23 heavy (non-hydrogen) atoms. The number of aliphatic hydroxyl groups is 3. The SMILES string of the molecule is Nc1ncnc2c1ncn2[C@@H]1O[C@H](C(O)C(=O)[O-])[C@@H](O)[C@H]1O.[Na+]. The molecule has 118 valence electrons. The number of hydrogen-bond acceptors (Lipinski definition) is 10. The molecule has 0 spiro atoms. The third-order valence-corrected chi connectivity index (χ3v) is 3.49. The molecule has 1 unspecified atom stereocenters. The number of fused-ring (bicyclic) bond motifs is 1. The Hall–Kier alpha value is -1.34. The van der Waals surface area contributed by atoms with E-state index in [4.69, 9.17) is 10.5 Å². The second-order valence-electron chi connectivity index (χ2n) is 4.82. The van der Waals surface area contributed by atoms with Crippen LogP contribution in [0, 0.1) is 0 Å². The summed E-state index contributed by atoms with van der Waals surface area (Å²) < 4.78 is 6.52. The number of aliphatic hydroxyl groups excluding tert-OH is 3. The predicted molar refractivity (Wildman–Crippen MR) is 66.7 cm³/mol. The standard InChI is InChI=1S/C11H13N5O6.Na/c12-8-3-9(14-1-13-8)16(2-15-3)10-5(18)4(17)7(22-10)6(19)11(20)21;/h1-2,4-7,10,17-19H,(H,20,21)(H2,12,13,14);/q;+1/p-1/t4-,5+,6?,7-,10+;/m0./s1. The topological polar surface area (TPSA) is 180 Å². The van der Waals surface area contributed by atoms with E-state index in [2.05, 4.69) is 15.0 Å². The fraction of sp³-hybridized carbons (Fsp3) is 0.455. The fourth-order valence-electron chi connectivity index (χ4n) is 2.37. The van der Waals surface area contributed by atoms with Gasteiger partial charge >= 0.3 is 29.6 Å². The molecule has 1 aliphatic heterocycles. The molecule has 5 N–H and O–H groups in total. The summed E-state index contributed by atoms with van der Waals surface area (Å²) >= 11 is 0. The van der Waals surface area contributed by atoms with Crippen molar-refractivity contribution in [3.63, 3.8) is 0 Å². The van der Waals surface area contributed by atoms with Gasteiger partial charge in [-0.2, -0.15) is 0 Å². The van der Waals surface area contributed by atoms with Crippen LogP contribution in [0.2, 0.25) is 0 Å². The first-order chi connectivity index (χ1) is 10.4. The maximum atomic E-state index is 10.7. The fourth-order valence-corrected chi connectivity index (χ4v) is 2.37. The van der Waals surface area contributed by atoms with Crippen molar-refractivity contribution in [3.8, 4) is 0 Å². The Labute approximate surface area is 151 Å². The van der Waals surface area contributed by atoms with E-state index in [1.54, 1.807) is 0 Å². The minimum absolute atomic E-state index is 0. The van der Waals surface area contributed by atoms with E-state index in [0.29, 0.717) is 0 Å². The average molecular weight is 333 g/mol. The second-order valence-corrected chi connectivity index (χ2v) is 4.82. The first kappa shape index (κ1) is 18.0. The van der Waals surface area contributed by atoms with Crippen molar-refractivity contribution in [1.29, 1.82) is 0 Å². The molecular formula is C11H12N5NaO6. The molecule has 2 aromatic heterocycles. The molecule has 12 heteroatoms. The molecule has 0 bridgehead atoms. The number of ether oxygens (including phenoxy) is 1. The maximum absolute atomic E-state index is 10.7. The van der Waals surface area contributed by atoms with Crippen molar-refractivity contribution >= 4 is 23.0 Å². The van der Waals surface area contributed by atoms with E-state index in [0.717, 1.165) is 0 Å². The number of rotatable bonds is 3. The van der Waals surface area contributed by atoms with Crippen LogP contribution in [0.3, 0.4) is 0 Å². The summed E-state index contributed by atoms with van der Waals surface area (Å²) in [5.41, 5.74) is 6.13. The van der Waals surface area contributed by atoms with Gasteiger partial charge in [-0.1, -0.05) is 0 Å². The van der Waals surface area contributed by atoms with Crippen LogP contribution in [-0.4, -0.2) is 65.2 Å². The Morgan fingerprint density at radius 1 is 1.35 bits per heavy atom. The Kier molecular flexibility index (Phi) is 5.20. The van der Waals surface area contributed by atoms with Gasteiger partial charge in [-0.3, -0.25) is 4.57 Å². The Balaban J connectivity index is 0.00000192. The van der Waals surface area contributed by atoms with Gasteiger partial charge in [-0.25, -0.2) is 15.0 Å². The van der Waals surface area contributed by atoms with Gasteiger partial charge in [0.1, 0.15) is 36.3 Å². The molecule has 2 aromatic rings. The third-order valence-electron chi connectivity index (χ3n) is 3.49. The average Bonchev–Trinajstić information content (AvgIpc) is 3.02. The van der Waals surface area contributed by atoms with E-state index in [1.807, 2.05) is 0 Å². The van der Waals surface area contributed by atoms with Crippen LogP contribution in [0.25, 0.3) is 11.2 Å². The second kappa shape index (κ2) is 6.65. The molecule has 3 heterocycles. The quantitative estimate of drug-likeness (QED) is 0.394. The van der Waals surface area contributed by atoms with Crippen LogP contribution >= 0.6 is 0 Å². The number of nitrogen functional groups attached to an aromatic ring is 1. The number of carboxylic acid groups (broad SMARTS) is 1. The zero-order valence-corrected chi connectivity index (χ0v) is 14.0. The van der Waals surface area contributed by atoms with Gasteiger partial charge < -0.3 is 35.7 Å². The number of carbonyl (C=O) groups is 1. The van der Waals surface area contributed by atoms with E-state index < -0.39 is 36.6 Å². The predicted octanol–water partition coefficient (Wildman–Crippen LogP) is -6.86. The number of anilines is 1. The van der Waals surface area contributed by atoms with Gasteiger partial charge in [0, 0.05) is 0 Å². The number of nitrogens with two attached hydrogens (primary N) is 1. The van der Waals surface area contributed by atoms with Crippen LogP contribution < -0.4 is 40.4 Å². The normalized spacial score (nSPS) is 28.5. The first-order valence-corrected chi connectivity index (χ1v) is 6.25. The molecular weight excluding hydrogens is 321 g/mol. The van der Waals surface area contributed by atoms with Crippen molar-refractivity contribution in [2.24, 2.45) is 0 Å². The van der Waals surface area contributed by atoms with Crippen LogP contribution in [0.1, 0.15) is 6.23 Å². The molecule has 0 amide bonds. The zero-order chi connectivity index (χ0) is 16.0. The van der Waals surface area contributed by atoms with Gasteiger partial charge in [0.25, 0.3) is 0 Å². The molecule has 0 aromatic carbocycles. The zero-order valence-electron chi connectivity index (χ0n) is 12.0. The maximum Gasteiger partial charge on any atom is 1.00 e. The molecule has 1 aliphatic rings. The Bertz CT molecular complexity index is 726. The molecule has 3 rings (SSSR count). The van der Waals surface area contributed by atoms with Crippen molar-refractivity contribution in [1.82, 2.24) is 19.5 Å². The molecule has 1 fully saturated rings. The minimum Gasteiger partial charge on any atom is -0.547 e. The van der Waals surface area contributed by atoms with E-state index in [-0.39, 0.29) is 46.5 Å². The van der Waals surface area contributed by atoms with Gasteiger partial charge in [0.05, 0.1) is 12.3 Å². The van der Waals surface area contributed by atoms with Crippen LogP contribution in [0.4, 0.5) is 5.82 Å². The smallest absolute Gasteiger partial charge is 0.547 e. The van der Waals surface area contributed by atoms with Crippen molar-refractivity contribution in [3.05, 3.63) is 12.7 Å². The van der Waals surface area contributed by atoms with Gasteiger partial charge in [0.2, 0.25) is 0 Å². The van der Waals surface area contributed by atoms with Crippen LogP contribution in [-0.2, 0) is 9.53 Å². The molecule has 0 saturated carbocycles. The van der Waals surface area contributed by atoms with Crippen molar-refractivity contribution < 1.29 is 59.5 Å². The van der Waals surface area contributed by atoms with Crippen LogP contribution in [0.15, 0.2) is 12.7 Å². The largest absolute Gasteiger partial charge is 1.00 e. The molecule has 0 aliphatic carbocycles. The molecule has 1 saturated heterocycles. The number of carboxylic acids is 1. The summed E-state index contributed by atoms with van der Waals surface area (Å²) in [5.74, 6) is -1.71. The van der Waals surface area contributed by atoms with Crippen molar-refractivity contribution in [2.75, 3.05) is 5.73 Å². The Morgan fingerprint density at radius 2 is 2.04 bits per heavy atom. The number of carbonyl (C=O) groups excluding carboxylic acids is 1. The van der Waals surface area contributed by atoms with E-state index in [1.165, 1.54) is 17.2 Å². The number of aliphatic carboxylic acids is 1. The summed E-state index contributed by atoms with van der Waals surface area (Å²) in [6, 6.07) is 0. The summed E-state index contributed by atoms with van der Waals surface area (Å²) in [6.45, 7) is 0. The monoisotopic (exact) mass is 333 g/mol. The number of nitrogens with zero attached hydrogens (tertiary/aromatic N) is 4. The first-order valence-electron chi connectivity index (χ1n) is 6.25. The summed E-state index contributed by atoms with van der Waals surface area (Å²) in [5, 5.41) is 40.0. The number of aromatic nitrogens is 4. The van der Waals surface area contributed by atoms with Gasteiger partial charge in [-0.15, -0.1) is 0 Å². The molecule has 5 atom stereocenters. The van der Waals surface area contributed by atoms with Gasteiger partial charge in [-0.05, 0) is 0 Å². The van der Waals surface area contributed by atoms with Crippen molar-refractivity contribution in [2.45, 2.75) is 30.6 Å². The summed E-state index contributed by atoms with van der Waals surface area (Å²) in [4.78, 5) is 22.4. The minimum atomic E-state index is -2.09. The molecule has 0 radical (unpaired) electrons. The van der Waals surface area contributed by atoms with E-state index in [9.17, 15) is 25.2 Å². The summed E-state index contributed by atoms with van der Waals surface area (Å²) in [6.07, 6.45) is -5.55. The summed E-state index contributed by atoms with van der Waals surface area (Å²) in [7, 11) is 0. The number of hydrogen-bond donors (Lipinski definition) is 4. The van der Waals surface area contributed by atoms with Gasteiger partial charge in [0.15, 0.2) is 17.7 Å². The molecule has 11 nitrogen and oxygen atoms in total.